The van der Waals surface area contributed by atoms with Crippen molar-refractivity contribution < 1.29 is 22.6 Å². The van der Waals surface area contributed by atoms with Crippen LogP contribution in [0.15, 0.2) is 24.5 Å². The highest BCUT2D eigenvalue weighted by molar-refractivity contribution is 7.85. The Morgan fingerprint density at radius 2 is 1.93 bits per heavy atom. The number of rotatable bonds is 4. The first kappa shape index (κ1) is 12.1. The van der Waals surface area contributed by atoms with Crippen LogP contribution in [0.1, 0.15) is 5.56 Å². The molecule has 1 heterocycles. The van der Waals surface area contributed by atoms with Gasteiger partial charge in [0.2, 0.25) is 0 Å². The molecule has 1 atom stereocenters. The summed E-state index contributed by atoms with van der Waals surface area (Å²) in [5.41, 5.74) is 1.08. The van der Waals surface area contributed by atoms with E-state index in [2.05, 4.69) is 0 Å². The summed E-state index contributed by atoms with van der Waals surface area (Å²) in [7, 11) is -4.11. The van der Waals surface area contributed by atoms with Crippen molar-refractivity contribution in [2.24, 2.45) is 0 Å². The number of aliphatic hydroxyl groups excluding tert-OH is 1. The van der Waals surface area contributed by atoms with Crippen molar-refractivity contribution in [2.75, 3.05) is 5.75 Å². The standard InChI is InChI=1S/C9H13NO4S/c1-8-2-4-10(5-3-8)6-9(11)7-15(12,13)14/h2-5,9,11H,6-7H2,1H3/p+1. The van der Waals surface area contributed by atoms with Crippen LogP contribution in [0.4, 0.5) is 0 Å². The van der Waals surface area contributed by atoms with Gasteiger partial charge in [-0.15, -0.1) is 0 Å². The highest BCUT2D eigenvalue weighted by atomic mass is 32.2. The molecule has 2 N–H and O–H groups in total. The van der Waals surface area contributed by atoms with Gasteiger partial charge in [0.05, 0.1) is 0 Å². The topological polar surface area (TPSA) is 78.5 Å². The van der Waals surface area contributed by atoms with Crippen LogP contribution in [0.2, 0.25) is 0 Å². The summed E-state index contributed by atoms with van der Waals surface area (Å²) in [6.45, 7) is 2.07. The Balaban J connectivity index is 2.59. The minimum absolute atomic E-state index is 0.139. The highest BCUT2D eigenvalue weighted by Crippen LogP contribution is 1.93. The molecule has 0 aliphatic carbocycles. The third-order valence-corrected chi connectivity index (χ3v) is 2.69. The van der Waals surface area contributed by atoms with Crippen molar-refractivity contribution in [3.63, 3.8) is 0 Å². The second-order valence-electron chi connectivity index (χ2n) is 3.47. The molecule has 1 aromatic heterocycles. The number of nitrogens with zero attached hydrogens (tertiary/aromatic N) is 1. The van der Waals surface area contributed by atoms with E-state index in [0.717, 1.165) is 5.56 Å². The maximum atomic E-state index is 10.5. The lowest BCUT2D eigenvalue weighted by atomic mass is 10.3. The largest absolute Gasteiger partial charge is 0.385 e. The van der Waals surface area contributed by atoms with Gasteiger partial charge in [-0.05, 0) is 12.5 Å². The third kappa shape index (κ3) is 4.87. The molecule has 0 saturated carbocycles. The zero-order valence-electron chi connectivity index (χ0n) is 8.37. The van der Waals surface area contributed by atoms with E-state index in [1.807, 2.05) is 19.1 Å². The predicted octanol–water partition coefficient (Wildman–Crippen LogP) is -0.469. The van der Waals surface area contributed by atoms with Crippen LogP contribution in [-0.2, 0) is 16.7 Å². The van der Waals surface area contributed by atoms with E-state index in [-0.39, 0.29) is 6.54 Å². The average Bonchev–Trinajstić information content (AvgIpc) is 2.05. The fourth-order valence-corrected chi connectivity index (χ4v) is 1.78. The zero-order chi connectivity index (χ0) is 11.5. The lowest BCUT2D eigenvalue weighted by Crippen LogP contribution is -2.41. The van der Waals surface area contributed by atoms with Gasteiger partial charge in [0.25, 0.3) is 10.1 Å². The molecular weight excluding hydrogens is 218 g/mol. The van der Waals surface area contributed by atoms with Crippen molar-refractivity contribution in [2.45, 2.75) is 19.6 Å². The molecule has 15 heavy (non-hydrogen) atoms. The Hall–Kier alpha value is -0.980. The van der Waals surface area contributed by atoms with E-state index < -0.39 is 22.0 Å². The van der Waals surface area contributed by atoms with E-state index in [1.165, 1.54) is 0 Å². The number of hydrogen-bond donors (Lipinski definition) is 2. The van der Waals surface area contributed by atoms with Gasteiger partial charge >= 0.3 is 0 Å². The van der Waals surface area contributed by atoms with Crippen molar-refractivity contribution in [1.82, 2.24) is 0 Å². The average molecular weight is 232 g/mol. The Labute approximate surface area is 88.7 Å². The smallest absolute Gasteiger partial charge is 0.267 e. The van der Waals surface area contributed by atoms with Gasteiger partial charge in [0, 0.05) is 12.1 Å². The molecule has 0 aliphatic rings. The van der Waals surface area contributed by atoms with Gasteiger partial charge in [-0.25, -0.2) is 4.57 Å². The molecule has 0 amide bonds. The van der Waals surface area contributed by atoms with Crippen LogP contribution in [0.25, 0.3) is 0 Å². The molecular formula is C9H14NO4S+. The molecule has 1 rings (SSSR count). The fraction of sp³-hybridized carbons (Fsp3) is 0.444. The summed E-state index contributed by atoms with van der Waals surface area (Å²) >= 11 is 0. The Bertz CT molecular complexity index is 412. The first-order valence-electron chi connectivity index (χ1n) is 4.46. The quantitative estimate of drug-likeness (QED) is 0.543. The first-order chi connectivity index (χ1) is 6.87. The maximum Gasteiger partial charge on any atom is 0.267 e. The molecule has 5 nitrogen and oxygen atoms in total. The van der Waals surface area contributed by atoms with E-state index in [9.17, 15) is 13.5 Å². The summed E-state index contributed by atoms with van der Waals surface area (Å²) in [5, 5.41) is 9.35. The summed E-state index contributed by atoms with van der Waals surface area (Å²) in [4.78, 5) is 0. The Morgan fingerprint density at radius 3 is 2.40 bits per heavy atom. The summed E-state index contributed by atoms with van der Waals surface area (Å²) in [6.07, 6.45) is 2.37. The molecule has 0 saturated heterocycles. The molecule has 0 radical (unpaired) electrons. The Morgan fingerprint density at radius 1 is 1.40 bits per heavy atom. The van der Waals surface area contributed by atoms with Crippen LogP contribution in [-0.4, -0.2) is 29.9 Å². The normalized spacial score (nSPS) is 13.8. The van der Waals surface area contributed by atoms with Crippen molar-refractivity contribution in [3.05, 3.63) is 30.1 Å². The molecule has 1 aromatic rings. The minimum Gasteiger partial charge on any atom is -0.385 e. The summed E-state index contributed by atoms with van der Waals surface area (Å²) in [6, 6.07) is 3.69. The van der Waals surface area contributed by atoms with E-state index in [0.29, 0.717) is 0 Å². The molecule has 6 heteroatoms. The molecule has 1 unspecified atom stereocenters. The van der Waals surface area contributed by atoms with Crippen molar-refractivity contribution in [1.29, 1.82) is 0 Å². The van der Waals surface area contributed by atoms with Crippen molar-refractivity contribution in [3.8, 4) is 0 Å². The molecule has 0 bridgehead atoms. The molecule has 0 aromatic carbocycles. The van der Waals surface area contributed by atoms with Gasteiger partial charge in [0.1, 0.15) is 11.9 Å². The van der Waals surface area contributed by atoms with Crippen LogP contribution < -0.4 is 4.57 Å². The van der Waals surface area contributed by atoms with Gasteiger partial charge in [-0.2, -0.15) is 8.42 Å². The summed E-state index contributed by atoms with van der Waals surface area (Å²) in [5.74, 6) is -0.645. The number of aromatic nitrogens is 1. The monoisotopic (exact) mass is 232 g/mol. The number of pyridine rings is 1. The van der Waals surface area contributed by atoms with Crippen molar-refractivity contribution >= 4 is 10.1 Å². The second-order valence-corrected chi connectivity index (χ2v) is 4.97. The Kier molecular flexibility index (Phi) is 3.78. The number of aryl methyl sites for hydroxylation is 1. The molecule has 0 fully saturated rings. The highest BCUT2D eigenvalue weighted by Gasteiger charge is 2.17. The van der Waals surface area contributed by atoms with E-state index in [4.69, 9.17) is 4.55 Å². The van der Waals surface area contributed by atoms with Crippen LogP contribution in [0, 0.1) is 6.92 Å². The molecule has 84 valence electrons. The maximum absolute atomic E-state index is 10.5. The van der Waals surface area contributed by atoms with Gasteiger partial charge in [-0.1, -0.05) is 0 Å². The fourth-order valence-electron chi connectivity index (χ4n) is 1.19. The van der Waals surface area contributed by atoms with Crippen LogP contribution in [0.5, 0.6) is 0 Å². The number of hydrogen-bond acceptors (Lipinski definition) is 3. The molecule has 0 spiro atoms. The van der Waals surface area contributed by atoms with Gasteiger partial charge in [-0.3, -0.25) is 4.55 Å². The summed E-state index contributed by atoms with van der Waals surface area (Å²) < 4.78 is 31.1. The van der Waals surface area contributed by atoms with Gasteiger partial charge in [0.15, 0.2) is 18.9 Å². The molecule has 0 aliphatic heterocycles. The third-order valence-electron chi connectivity index (χ3n) is 1.88. The lowest BCUT2D eigenvalue weighted by Gasteiger charge is -2.04. The van der Waals surface area contributed by atoms with Crippen LogP contribution in [0.3, 0.4) is 0 Å². The number of aliphatic hydroxyl groups is 1. The SMILES string of the molecule is Cc1cc[n+](CC(O)CS(=O)(=O)O)cc1. The first-order valence-corrected chi connectivity index (χ1v) is 6.07. The van der Waals surface area contributed by atoms with Gasteiger partial charge < -0.3 is 5.11 Å². The lowest BCUT2D eigenvalue weighted by molar-refractivity contribution is -0.703. The van der Waals surface area contributed by atoms with E-state index >= 15 is 0 Å². The zero-order valence-corrected chi connectivity index (χ0v) is 9.18. The van der Waals surface area contributed by atoms with Crippen LogP contribution >= 0.6 is 0 Å². The second kappa shape index (κ2) is 4.69. The predicted molar refractivity (Wildman–Crippen MR) is 53.8 cm³/mol. The minimum atomic E-state index is -4.11. The van der Waals surface area contributed by atoms with E-state index in [1.54, 1.807) is 17.0 Å².